The summed E-state index contributed by atoms with van der Waals surface area (Å²) in [6, 6.07) is 3.37. The predicted octanol–water partition coefficient (Wildman–Crippen LogP) is 2.05. The minimum absolute atomic E-state index is 0.0367. The Balaban J connectivity index is 1.95. The SMILES string of the molecule is Cc1nn(C)c(S(=O)(=O)Nc2cnn(-c3ccncc3)c2)c1C(F)F. The number of pyridine rings is 1. The number of nitrogens with zero attached hydrogens (tertiary/aromatic N) is 5. The average Bonchev–Trinajstić information content (AvgIpc) is 3.11. The molecule has 0 saturated carbocycles. The first-order valence-corrected chi connectivity index (χ1v) is 8.57. The molecule has 0 unspecified atom stereocenters. The molecule has 0 bridgehead atoms. The zero-order chi connectivity index (χ0) is 18.2. The lowest BCUT2D eigenvalue weighted by atomic mass is 10.3. The standard InChI is InChI=1S/C14H14F2N6O2S/c1-9-12(13(15)16)14(21(2)19-9)25(23,24)20-10-7-18-22(8-10)11-3-5-17-6-4-11/h3-8,13,20H,1-2H3. The van der Waals surface area contributed by atoms with Gasteiger partial charge < -0.3 is 0 Å². The third-order valence-electron chi connectivity index (χ3n) is 3.45. The van der Waals surface area contributed by atoms with E-state index in [0.717, 1.165) is 4.68 Å². The number of halogens is 2. The van der Waals surface area contributed by atoms with E-state index in [1.54, 1.807) is 24.5 Å². The van der Waals surface area contributed by atoms with E-state index in [1.165, 1.54) is 31.0 Å². The van der Waals surface area contributed by atoms with Gasteiger partial charge in [-0.25, -0.2) is 13.5 Å². The van der Waals surface area contributed by atoms with Crippen molar-refractivity contribution in [3.05, 3.63) is 48.2 Å². The number of sulfonamides is 1. The molecule has 0 radical (unpaired) electrons. The first-order valence-electron chi connectivity index (χ1n) is 7.09. The molecular weight excluding hydrogens is 354 g/mol. The Labute approximate surface area is 142 Å². The summed E-state index contributed by atoms with van der Waals surface area (Å²) in [4.78, 5) is 3.88. The van der Waals surface area contributed by atoms with Gasteiger partial charge in [-0.1, -0.05) is 0 Å². The van der Waals surface area contributed by atoms with E-state index >= 15 is 0 Å². The number of nitrogens with one attached hydrogen (secondary N) is 1. The number of aryl methyl sites for hydroxylation is 2. The zero-order valence-corrected chi connectivity index (χ0v) is 14.1. The molecule has 0 fully saturated rings. The highest BCUT2D eigenvalue weighted by Gasteiger charge is 2.31. The van der Waals surface area contributed by atoms with Crippen LogP contribution in [0.25, 0.3) is 5.69 Å². The summed E-state index contributed by atoms with van der Waals surface area (Å²) in [5, 5.41) is 7.25. The predicted molar refractivity (Wildman–Crippen MR) is 85.1 cm³/mol. The second kappa shape index (κ2) is 6.24. The van der Waals surface area contributed by atoms with Gasteiger partial charge in [0.15, 0.2) is 5.03 Å². The molecule has 8 nitrogen and oxygen atoms in total. The van der Waals surface area contributed by atoms with Gasteiger partial charge in [-0.2, -0.15) is 18.6 Å². The lowest BCUT2D eigenvalue weighted by Crippen LogP contribution is -2.18. The third-order valence-corrected chi connectivity index (χ3v) is 4.95. The number of alkyl halides is 2. The van der Waals surface area contributed by atoms with Gasteiger partial charge >= 0.3 is 0 Å². The summed E-state index contributed by atoms with van der Waals surface area (Å²) in [5.74, 6) is 0. The van der Waals surface area contributed by atoms with Gasteiger partial charge in [0.2, 0.25) is 0 Å². The maximum atomic E-state index is 13.2. The van der Waals surface area contributed by atoms with Crippen LogP contribution in [0.5, 0.6) is 0 Å². The Bertz CT molecular complexity index is 998. The number of aromatic nitrogens is 5. The lowest BCUT2D eigenvalue weighted by molar-refractivity contribution is 0.146. The van der Waals surface area contributed by atoms with Crippen LogP contribution in [0.1, 0.15) is 17.7 Å². The number of hydrogen-bond donors (Lipinski definition) is 1. The fourth-order valence-electron chi connectivity index (χ4n) is 2.44. The number of rotatable bonds is 5. The van der Waals surface area contributed by atoms with Crippen molar-refractivity contribution in [1.82, 2.24) is 24.5 Å². The first-order chi connectivity index (χ1) is 11.8. The third kappa shape index (κ3) is 3.22. The summed E-state index contributed by atoms with van der Waals surface area (Å²) in [5.41, 5.74) is 0.155. The highest BCUT2D eigenvalue weighted by atomic mass is 32.2. The summed E-state index contributed by atoms with van der Waals surface area (Å²) in [7, 11) is -2.96. The van der Waals surface area contributed by atoms with Crippen LogP contribution in [-0.2, 0) is 17.1 Å². The van der Waals surface area contributed by atoms with Crippen molar-refractivity contribution >= 4 is 15.7 Å². The van der Waals surface area contributed by atoms with E-state index < -0.39 is 27.0 Å². The molecule has 0 aromatic carbocycles. The molecule has 0 saturated heterocycles. The maximum absolute atomic E-state index is 13.2. The minimum atomic E-state index is -4.26. The Hall–Kier alpha value is -2.82. The monoisotopic (exact) mass is 368 g/mol. The average molecular weight is 368 g/mol. The Morgan fingerprint density at radius 2 is 1.92 bits per heavy atom. The van der Waals surface area contributed by atoms with Crippen molar-refractivity contribution in [2.24, 2.45) is 7.05 Å². The molecule has 0 amide bonds. The topological polar surface area (TPSA) is 94.7 Å². The van der Waals surface area contributed by atoms with Crippen LogP contribution in [-0.4, -0.2) is 33.0 Å². The Kier molecular flexibility index (Phi) is 4.25. The van der Waals surface area contributed by atoms with Crippen molar-refractivity contribution in [3.8, 4) is 5.69 Å². The number of anilines is 1. The van der Waals surface area contributed by atoms with Crippen molar-refractivity contribution in [2.45, 2.75) is 18.4 Å². The van der Waals surface area contributed by atoms with Crippen LogP contribution in [0.2, 0.25) is 0 Å². The Morgan fingerprint density at radius 3 is 2.56 bits per heavy atom. The largest absolute Gasteiger partial charge is 0.279 e. The van der Waals surface area contributed by atoms with Crippen LogP contribution in [0, 0.1) is 6.92 Å². The van der Waals surface area contributed by atoms with Crippen molar-refractivity contribution in [1.29, 1.82) is 0 Å². The van der Waals surface area contributed by atoms with Crippen LogP contribution in [0.4, 0.5) is 14.5 Å². The smallest absolute Gasteiger partial charge is 0.275 e. The Morgan fingerprint density at radius 1 is 1.24 bits per heavy atom. The van der Waals surface area contributed by atoms with Crippen LogP contribution in [0.3, 0.4) is 0 Å². The van der Waals surface area contributed by atoms with Gasteiger partial charge in [0, 0.05) is 19.4 Å². The van der Waals surface area contributed by atoms with E-state index in [0.29, 0.717) is 5.69 Å². The molecule has 0 aliphatic carbocycles. The fourth-order valence-corrected chi connectivity index (χ4v) is 3.87. The summed E-state index contributed by atoms with van der Waals surface area (Å²) in [6.45, 7) is 1.34. The van der Waals surface area contributed by atoms with E-state index in [-0.39, 0.29) is 11.4 Å². The van der Waals surface area contributed by atoms with Gasteiger partial charge in [0.05, 0.1) is 35.0 Å². The highest BCUT2D eigenvalue weighted by Crippen LogP contribution is 2.30. The lowest BCUT2D eigenvalue weighted by Gasteiger charge is -2.08. The normalized spacial score (nSPS) is 11.9. The van der Waals surface area contributed by atoms with Gasteiger partial charge in [-0.15, -0.1) is 0 Å². The molecular formula is C14H14F2N6O2S. The maximum Gasteiger partial charge on any atom is 0.279 e. The molecule has 0 atom stereocenters. The summed E-state index contributed by atoms with van der Waals surface area (Å²) >= 11 is 0. The molecule has 0 aliphatic heterocycles. The second-order valence-electron chi connectivity index (χ2n) is 5.21. The van der Waals surface area contributed by atoms with E-state index in [2.05, 4.69) is 19.9 Å². The molecule has 25 heavy (non-hydrogen) atoms. The molecule has 0 aliphatic rings. The summed E-state index contributed by atoms with van der Waals surface area (Å²) in [6.07, 6.45) is 2.88. The number of hydrogen-bond acceptors (Lipinski definition) is 5. The second-order valence-corrected chi connectivity index (χ2v) is 6.81. The quantitative estimate of drug-likeness (QED) is 0.744. The van der Waals surface area contributed by atoms with Gasteiger partial charge in [0.25, 0.3) is 16.4 Å². The van der Waals surface area contributed by atoms with E-state index in [4.69, 9.17) is 0 Å². The summed E-state index contributed by atoms with van der Waals surface area (Å²) < 4.78 is 56.2. The van der Waals surface area contributed by atoms with Crippen LogP contribution >= 0.6 is 0 Å². The fraction of sp³-hybridized carbons (Fsp3) is 0.214. The van der Waals surface area contributed by atoms with Crippen molar-refractivity contribution < 1.29 is 17.2 Å². The van der Waals surface area contributed by atoms with E-state index in [9.17, 15) is 17.2 Å². The molecule has 3 heterocycles. The van der Waals surface area contributed by atoms with Gasteiger partial charge in [0.1, 0.15) is 0 Å². The molecule has 3 rings (SSSR count). The molecule has 3 aromatic rings. The minimum Gasteiger partial charge on any atom is -0.275 e. The van der Waals surface area contributed by atoms with E-state index in [1.807, 2.05) is 0 Å². The van der Waals surface area contributed by atoms with Crippen molar-refractivity contribution in [3.63, 3.8) is 0 Å². The molecule has 11 heteroatoms. The molecule has 1 N–H and O–H groups in total. The zero-order valence-electron chi connectivity index (χ0n) is 13.3. The molecule has 3 aromatic heterocycles. The molecule has 0 spiro atoms. The van der Waals surface area contributed by atoms with Crippen LogP contribution < -0.4 is 4.72 Å². The van der Waals surface area contributed by atoms with Crippen molar-refractivity contribution in [2.75, 3.05) is 4.72 Å². The van der Waals surface area contributed by atoms with Crippen LogP contribution in [0.15, 0.2) is 41.9 Å². The first kappa shape index (κ1) is 17.0. The highest BCUT2D eigenvalue weighted by molar-refractivity contribution is 7.92. The molecule has 132 valence electrons. The van der Waals surface area contributed by atoms with Gasteiger partial charge in [-0.05, 0) is 19.1 Å². The van der Waals surface area contributed by atoms with Gasteiger partial charge in [-0.3, -0.25) is 14.4 Å².